The molecule has 3 aromatic rings. The fourth-order valence-corrected chi connectivity index (χ4v) is 6.56. The number of sulfonamides is 1. The minimum Gasteiger partial charge on any atom is -0.379 e. The second kappa shape index (κ2) is 12.1. The van der Waals surface area contributed by atoms with Crippen LogP contribution in [-0.2, 0) is 26.0 Å². The van der Waals surface area contributed by atoms with Crippen LogP contribution < -0.4 is 10.2 Å². The number of hydrogen-bond acceptors (Lipinski definition) is 5. The van der Waals surface area contributed by atoms with Crippen LogP contribution in [0.5, 0.6) is 0 Å². The summed E-state index contributed by atoms with van der Waals surface area (Å²) in [5, 5.41) is 3.05. The average Bonchev–Trinajstić information content (AvgIpc) is 3.24. The first-order valence-electron chi connectivity index (χ1n) is 13.4. The maximum absolute atomic E-state index is 13.4. The molecule has 0 radical (unpaired) electrons. The Morgan fingerprint density at radius 2 is 1.45 bits per heavy atom. The van der Waals surface area contributed by atoms with Crippen LogP contribution in [0.1, 0.15) is 31.2 Å². The van der Waals surface area contributed by atoms with Crippen molar-refractivity contribution in [1.29, 1.82) is 0 Å². The summed E-state index contributed by atoms with van der Waals surface area (Å²) in [6, 6.07) is 23.3. The van der Waals surface area contributed by atoms with Crippen molar-refractivity contribution < 1.29 is 17.9 Å². The Bertz CT molecular complexity index is 1330. The zero-order valence-electron chi connectivity index (χ0n) is 21.6. The van der Waals surface area contributed by atoms with E-state index in [1.54, 1.807) is 12.1 Å². The Hall–Kier alpha value is -3.20. The zero-order valence-corrected chi connectivity index (χ0v) is 22.5. The second-order valence-corrected chi connectivity index (χ2v) is 11.8. The molecule has 7 nitrogen and oxygen atoms in total. The first kappa shape index (κ1) is 26.4. The van der Waals surface area contributed by atoms with E-state index in [4.69, 9.17) is 4.74 Å². The van der Waals surface area contributed by atoms with E-state index >= 15 is 0 Å². The molecule has 1 N–H and O–H groups in total. The van der Waals surface area contributed by atoms with Crippen LogP contribution in [0.3, 0.4) is 0 Å². The molecule has 0 aromatic heterocycles. The third-order valence-corrected chi connectivity index (χ3v) is 9.12. The molecule has 2 heterocycles. The Morgan fingerprint density at radius 3 is 2.13 bits per heavy atom. The molecule has 5 rings (SSSR count). The van der Waals surface area contributed by atoms with Crippen molar-refractivity contribution in [2.24, 2.45) is 0 Å². The van der Waals surface area contributed by atoms with Crippen molar-refractivity contribution in [3.05, 3.63) is 78.4 Å². The van der Waals surface area contributed by atoms with Crippen molar-refractivity contribution in [2.45, 2.75) is 37.0 Å². The molecule has 0 aliphatic carbocycles. The van der Waals surface area contributed by atoms with E-state index < -0.39 is 10.0 Å². The molecule has 2 aliphatic heterocycles. The van der Waals surface area contributed by atoms with Crippen molar-refractivity contribution in [3.8, 4) is 11.1 Å². The molecule has 0 atom stereocenters. The molecule has 2 aliphatic rings. The van der Waals surface area contributed by atoms with E-state index in [0.717, 1.165) is 48.3 Å². The van der Waals surface area contributed by atoms with Crippen molar-refractivity contribution in [1.82, 2.24) is 4.31 Å². The van der Waals surface area contributed by atoms with Gasteiger partial charge < -0.3 is 15.0 Å². The monoisotopic (exact) mass is 533 g/mol. The predicted octanol–water partition coefficient (Wildman–Crippen LogP) is 4.94. The van der Waals surface area contributed by atoms with E-state index in [9.17, 15) is 13.2 Å². The smallest absolute Gasteiger partial charge is 0.243 e. The Labute approximate surface area is 225 Å². The number of carbonyl (C=O) groups is 1. The SMILES string of the molecule is O=C(Cc1ccc(-c2ccccc2)cc1)Nc1cc(S(=O)(=O)N2CCOCC2)ccc1N1CCCCCC1. The fourth-order valence-electron chi connectivity index (χ4n) is 5.12. The molecule has 0 saturated carbocycles. The number of amides is 1. The molecule has 3 aromatic carbocycles. The first-order chi connectivity index (χ1) is 18.5. The molecule has 1 amide bonds. The summed E-state index contributed by atoms with van der Waals surface area (Å²) in [6.07, 6.45) is 4.72. The van der Waals surface area contributed by atoms with Gasteiger partial charge in [-0.25, -0.2) is 8.42 Å². The lowest BCUT2D eigenvalue weighted by Gasteiger charge is -2.28. The number of rotatable bonds is 7. The number of ether oxygens (including phenoxy) is 1. The maximum Gasteiger partial charge on any atom is 0.243 e. The molecule has 2 saturated heterocycles. The highest BCUT2D eigenvalue weighted by atomic mass is 32.2. The van der Waals surface area contributed by atoms with Crippen molar-refractivity contribution >= 4 is 27.3 Å². The normalized spacial score (nSPS) is 17.1. The van der Waals surface area contributed by atoms with Crippen LogP contribution in [-0.4, -0.2) is 58.0 Å². The third-order valence-electron chi connectivity index (χ3n) is 7.22. The highest BCUT2D eigenvalue weighted by Gasteiger charge is 2.28. The number of morpholine rings is 1. The van der Waals surface area contributed by atoms with Gasteiger partial charge in [-0.15, -0.1) is 0 Å². The molecular formula is C30H35N3O4S. The summed E-state index contributed by atoms with van der Waals surface area (Å²) in [7, 11) is -3.68. The van der Waals surface area contributed by atoms with Gasteiger partial charge in [-0.05, 0) is 47.7 Å². The predicted molar refractivity (Wildman–Crippen MR) is 151 cm³/mol. The lowest BCUT2D eigenvalue weighted by Crippen LogP contribution is -2.40. The van der Waals surface area contributed by atoms with Gasteiger partial charge in [-0.3, -0.25) is 4.79 Å². The summed E-state index contributed by atoms with van der Waals surface area (Å²) in [6.45, 7) is 3.21. The second-order valence-electron chi connectivity index (χ2n) is 9.88. The van der Waals surface area contributed by atoms with Gasteiger partial charge in [-0.2, -0.15) is 4.31 Å². The minimum absolute atomic E-state index is 0.172. The van der Waals surface area contributed by atoms with Gasteiger partial charge >= 0.3 is 0 Å². The van der Waals surface area contributed by atoms with Crippen LogP contribution in [0.4, 0.5) is 11.4 Å². The summed E-state index contributed by atoms with van der Waals surface area (Å²) < 4.78 is 33.5. The summed E-state index contributed by atoms with van der Waals surface area (Å²) in [4.78, 5) is 15.7. The molecule has 0 bridgehead atoms. The quantitative estimate of drug-likeness (QED) is 0.466. The topological polar surface area (TPSA) is 79.0 Å². The maximum atomic E-state index is 13.4. The van der Waals surface area contributed by atoms with Crippen LogP contribution in [0, 0.1) is 0 Å². The van der Waals surface area contributed by atoms with Gasteiger partial charge in [0.2, 0.25) is 15.9 Å². The fraction of sp³-hybridized carbons (Fsp3) is 0.367. The zero-order chi connectivity index (χ0) is 26.4. The van der Waals surface area contributed by atoms with Crippen LogP contribution in [0.15, 0.2) is 77.7 Å². The Kier molecular flexibility index (Phi) is 8.42. The summed E-state index contributed by atoms with van der Waals surface area (Å²) in [5.41, 5.74) is 4.55. The number of hydrogen-bond donors (Lipinski definition) is 1. The van der Waals surface area contributed by atoms with Gasteiger partial charge in [-0.1, -0.05) is 67.4 Å². The molecule has 200 valence electrons. The molecular weight excluding hydrogens is 498 g/mol. The van der Waals surface area contributed by atoms with Gasteiger partial charge in [0.15, 0.2) is 0 Å². The molecule has 0 unspecified atom stereocenters. The van der Waals surface area contributed by atoms with Gasteiger partial charge in [0.25, 0.3) is 0 Å². The highest BCUT2D eigenvalue weighted by Crippen LogP contribution is 2.32. The lowest BCUT2D eigenvalue weighted by atomic mass is 10.0. The van der Waals surface area contributed by atoms with Gasteiger partial charge in [0.1, 0.15) is 0 Å². The third kappa shape index (κ3) is 6.26. The first-order valence-corrected chi connectivity index (χ1v) is 14.9. The van der Waals surface area contributed by atoms with E-state index in [2.05, 4.69) is 22.3 Å². The van der Waals surface area contributed by atoms with E-state index in [1.807, 2.05) is 48.5 Å². The largest absolute Gasteiger partial charge is 0.379 e. The number of carbonyl (C=O) groups excluding carboxylic acids is 1. The van der Waals surface area contributed by atoms with E-state index in [0.29, 0.717) is 32.0 Å². The molecule has 38 heavy (non-hydrogen) atoms. The van der Waals surface area contributed by atoms with Crippen molar-refractivity contribution in [2.75, 3.05) is 49.6 Å². The number of nitrogens with one attached hydrogen (secondary N) is 1. The Morgan fingerprint density at radius 1 is 0.789 bits per heavy atom. The molecule has 2 fully saturated rings. The average molecular weight is 534 g/mol. The lowest BCUT2D eigenvalue weighted by molar-refractivity contribution is -0.115. The molecule has 8 heteroatoms. The van der Waals surface area contributed by atoms with Crippen molar-refractivity contribution in [3.63, 3.8) is 0 Å². The minimum atomic E-state index is -3.68. The number of benzene rings is 3. The van der Waals surface area contributed by atoms with Crippen LogP contribution in [0.2, 0.25) is 0 Å². The van der Waals surface area contributed by atoms with E-state index in [1.165, 1.54) is 17.1 Å². The van der Waals surface area contributed by atoms with Gasteiger partial charge in [0, 0.05) is 26.2 Å². The molecule has 0 spiro atoms. The van der Waals surface area contributed by atoms with E-state index in [-0.39, 0.29) is 17.2 Å². The summed E-state index contributed by atoms with van der Waals surface area (Å²) >= 11 is 0. The number of anilines is 2. The van der Waals surface area contributed by atoms with Crippen LogP contribution >= 0.6 is 0 Å². The highest BCUT2D eigenvalue weighted by molar-refractivity contribution is 7.89. The summed E-state index contributed by atoms with van der Waals surface area (Å²) in [5.74, 6) is -0.172. The Balaban J connectivity index is 1.37. The number of nitrogens with zero attached hydrogens (tertiary/aromatic N) is 2. The van der Waals surface area contributed by atoms with Gasteiger partial charge in [0.05, 0.1) is 35.9 Å². The van der Waals surface area contributed by atoms with Crippen LogP contribution in [0.25, 0.3) is 11.1 Å². The standard InChI is InChI=1S/C30H35N3O4S/c34-30(22-24-10-12-26(13-11-24)25-8-4-3-5-9-25)31-28-23-27(38(35,36)33-18-20-37-21-19-33)14-15-29(28)32-16-6-1-2-7-17-32/h3-5,8-15,23H,1-2,6-7,16-22H2,(H,31,34).